The Labute approximate surface area is 123 Å². The number of sulfone groups is 1. The van der Waals surface area contributed by atoms with Crippen molar-refractivity contribution in [1.29, 1.82) is 0 Å². The second-order valence-electron chi connectivity index (χ2n) is 5.11. The molecule has 0 aliphatic carbocycles. The molecule has 114 valence electrons. The lowest BCUT2D eigenvalue weighted by atomic mass is 10.1. The molecule has 1 aromatic carbocycles. The van der Waals surface area contributed by atoms with Crippen LogP contribution in [0.5, 0.6) is 0 Å². The Morgan fingerprint density at radius 2 is 2.05 bits per heavy atom. The van der Waals surface area contributed by atoms with E-state index < -0.39 is 27.0 Å². The van der Waals surface area contributed by atoms with E-state index in [0.717, 1.165) is 12.5 Å². The van der Waals surface area contributed by atoms with Gasteiger partial charge in [0.15, 0.2) is 9.84 Å². The minimum atomic E-state index is -3.90. The van der Waals surface area contributed by atoms with Gasteiger partial charge >= 0.3 is 5.97 Å². The van der Waals surface area contributed by atoms with Crippen LogP contribution in [0.25, 0.3) is 0 Å². The molecule has 7 heteroatoms. The lowest BCUT2D eigenvalue weighted by Gasteiger charge is -2.16. The molecular formula is C14H17NO5S. The number of hydrogen-bond donors (Lipinski definition) is 2. The van der Waals surface area contributed by atoms with Crippen LogP contribution in [0.4, 0.5) is 0 Å². The predicted octanol–water partition coefficient (Wildman–Crippen LogP) is 1.14. The third kappa shape index (κ3) is 3.07. The van der Waals surface area contributed by atoms with E-state index in [9.17, 15) is 18.0 Å². The summed E-state index contributed by atoms with van der Waals surface area (Å²) in [5.41, 5.74) is 0.338. The summed E-state index contributed by atoms with van der Waals surface area (Å²) in [6.45, 7) is 2.06. The Kier molecular flexibility index (Phi) is 4.32. The lowest BCUT2D eigenvalue weighted by molar-refractivity contribution is -0.120. The van der Waals surface area contributed by atoms with Crippen molar-refractivity contribution in [2.24, 2.45) is 0 Å². The molecule has 0 aromatic heterocycles. The van der Waals surface area contributed by atoms with E-state index in [1.165, 1.54) is 12.1 Å². The molecule has 0 bridgehead atoms. The maximum atomic E-state index is 12.7. The van der Waals surface area contributed by atoms with Crippen molar-refractivity contribution >= 4 is 21.7 Å². The molecule has 6 nitrogen and oxygen atoms in total. The Hall–Kier alpha value is -1.89. The zero-order valence-corrected chi connectivity index (χ0v) is 12.4. The van der Waals surface area contributed by atoms with Gasteiger partial charge in [-0.15, -0.1) is 0 Å². The Bertz CT molecular complexity index is 681. The zero-order chi connectivity index (χ0) is 15.6. The van der Waals surface area contributed by atoms with E-state index >= 15 is 0 Å². The predicted molar refractivity (Wildman–Crippen MR) is 76.0 cm³/mol. The number of carbonyl (C=O) groups excluding carboxylic acids is 1. The molecule has 1 unspecified atom stereocenters. The van der Waals surface area contributed by atoms with Crippen LogP contribution >= 0.6 is 0 Å². The van der Waals surface area contributed by atoms with Gasteiger partial charge in [-0.25, -0.2) is 13.2 Å². The SMILES string of the molecule is Cc1ccc(C(=O)O)cc1S(=O)(=O)C1CCCCNC1=O. The molecule has 1 atom stereocenters. The fourth-order valence-electron chi connectivity index (χ4n) is 2.40. The van der Waals surface area contributed by atoms with Gasteiger partial charge in [-0.05, 0) is 43.9 Å². The van der Waals surface area contributed by atoms with Crippen molar-refractivity contribution in [3.63, 3.8) is 0 Å². The van der Waals surface area contributed by atoms with E-state index in [-0.39, 0.29) is 16.9 Å². The first-order valence-corrected chi connectivity index (χ1v) is 8.24. The smallest absolute Gasteiger partial charge is 0.335 e. The molecule has 0 radical (unpaired) electrons. The van der Waals surface area contributed by atoms with Crippen LogP contribution in [-0.2, 0) is 14.6 Å². The summed E-state index contributed by atoms with van der Waals surface area (Å²) in [6, 6.07) is 3.93. The van der Waals surface area contributed by atoms with E-state index in [4.69, 9.17) is 5.11 Å². The fourth-order valence-corrected chi connectivity index (χ4v) is 4.36. The van der Waals surface area contributed by atoms with Gasteiger partial charge in [0.1, 0.15) is 5.25 Å². The topological polar surface area (TPSA) is 101 Å². The van der Waals surface area contributed by atoms with Crippen LogP contribution in [0.15, 0.2) is 23.1 Å². The van der Waals surface area contributed by atoms with Crippen LogP contribution in [0.1, 0.15) is 35.2 Å². The van der Waals surface area contributed by atoms with E-state index in [0.29, 0.717) is 18.5 Å². The normalized spacial score (nSPS) is 19.7. The average molecular weight is 311 g/mol. The van der Waals surface area contributed by atoms with E-state index in [2.05, 4.69) is 5.32 Å². The number of benzene rings is 1. The van der Waals surface area contributed by atoms with Crippen LogP contribution < -0.4 is 5.32 Å². The van der Waals surface area contributed by atoms with Crippen LogP contribution in [-0.4, -0.2) is 37.2 Å². The van der Waals surface area contributed by atoms with Gasteiger partial charge in [0.2, 0.25) is 5.91 Å². The third-order valence-electron chi connectivity index (χ3n) is 3.60. The summed E-state index contributed by atoms with van der Waals surface area (Å²) < 4.78 is 25.4. The van der Waals surface area contributed by atoms with Crippen LogP contribution in [0.3, 0.4) is 0 Å². The molecule has 1 aromatic rings. The summed E-state index contributed by atoms with van der Waals surface area (Å²) in [5, 5.41) is 10.4. The van der Waals surface area contributed by atoms with E-state index in [1.807, 2.05) is 0 Å². The van der Waals surface area contributed by atoms with Gasteiger partial charge in [-0.2, -0.15) is 0 Å². The molecule has 2 N–H and O–H groups in total. The first-order chi connectivity index (χ1) is 9.84. The molecule has 2 rings (SSSR count). The molecule has 0 saturated carbocycles. The standard InChI is InChI=1S/C14H17NO5S/c1-9-5-6-10(14(17)18)8-12(9)21(19,20)11-4-2-3-7-15-13(11)16/h5-6,8,11H,2-4,7H2,1H3,(H,15,16)(H,17,18). The van der Waals surface area contributed by atoms with Crippen molar-refractivity contribution in [3.05, 3.63) is 29.3 Å². The number of nitrogens with one attached hydrogen (secondary N) is 1. The minimum absolute atomic E-state index is 0.0792. The summed E-state index contributed by atoms with van der Waals surface area (Å²) in [6.07, 6.45) is 1.64. The number of rotatable bonds is 3. The monoisotopic (exact) mass is 311 g/mol. The largest absolute Gasteiger partial charge is 0.478 e. The molecule has 1 heterocycles. The highest BCUT2D eigenvalue weighted by Gasteiger charge is 2.35. The molecule has 1 fully saturated rings. The maximum Gasteiger partial charge on any atom is 0.335 e. The highest BCUT2D eigenvalue weighted by molar-refractivity contribution is 7.92. The van der Waals surface area contributed by atoms with Gasteiger partial charge in [-0.1, -0.05) is 6.07 Å². The fraction of sp³-hybridized carbons (Fsp3) is 0.429. The Balaban J connectivity index is 2.50. The van der Waals surface area contributed by atoms with Crippen molar-refractivity contribution in [2.75, 3.05) is 6.54 Å². The zero-order valence-electron chi connectivity index (χ0n) is 11.6. The number of carboxylic acids is 1. The highest BCUT2D eigenvalue weighted by Crippen LogP contribution is 2.25. The van der Waals surface area contributed by atoms with Crippen LogP contribution in [0, 0.1) is 6.92 Å². The van der Waals surface area contributed by atoms with Crippen molar-refractivity contribution in [2.45, 2.75) is 36.3 Å². The van der Waals surface area contributed by atoms with Gasteiger partial charge < -0.3 is 10.4 Å². The number of aromatic carboxylic acids is 1. The van der Waals surface area contributed by atoms with Gasteiger partial charge in [0.25, 0.3) is 0 Å². The summed E-state index contributed by atoms with van der Waals surface area (Å²) >= 11 is 0. The van der Waals surface area contributed by atoms with Crippen molar-refractivity contribution in [3.8, 4) is 0 Å². The summed E-state index contributed by atoms with van der Waals surface area (Å²) in [4.78, 5) is 22.9. The molecule has 0 spiro atoms. The lowest BCUT2D eigenvalue weighted by Crippen LogP contribution is -2.38. The molecular weight excluding hydrogens is 294 g/mol. The maximum absolute atomic E-state index is 12.7. The first-order valence-electron chi connectivity index (χ1n) is 6.69. The molecule has 1 aliphatic heterocycles. The molecule has 1 aliphatic rings. The van der Waals surface area contributed by atoms with Gasteiger partial charge in [0, 0.05) is 6.54 Å². The summed E-state index contributed by atoms with van der Waals surface area (Å²) in [5.74, 6) is -1.70. The van der Waals surface area contributed by atoms with Gasteiger partial charge in [0.05, 0.1) is 10.5 Å². The molecule has 21 heavy (non-hydrogen) atoms. The van der Waals surface area contributed by atoms with Crippen molar-refractivity contribution in [1.82, 2.24) is 5.32 Å². The summed E-state index contributed by atoms with van der Waals surface area (Å²) in [7, 11) is -3.90. The molecule has 1 saturated heterocycles. The van der Waals surface area contributed by atoms with E-state index in [1.54, 1.807) is 6.92 Å². The number of carboxylic acid groups (broad SMARTS) is 1. The minimum Gasteiger partial charge on any atom is -0.478 e. The average Bonchev–Trinajstić information content (AvgIpc) is 2.63. The third-order valence-corrected chi connectivity index (χ3v) is 5.85. The number of carbonyl (C=O) groups is 2. The van der Waals surface area contributed by atoms with Gasteiger partial charge in [-0.3, -0.25) is 4.79 Å². The number of aryl methyl sites for hydroxylation is 1. The molecule has 1 amide bonds. The highest BCUT2D eigenvalue weighted by atomic mass is 32.2. The number of hydrogen-bond acceptors (Lipinski definition) is 4. The number of amides is 1. The quantitative estimate of drug-likeness (QED) is 0.871. The van der Waals surface area contributed by atoms with Crippen molar-refractivity contribution < 1.29 is 23.1 Å². The second-order valence-corrected chi connectivity index (χ2v) is 7.20. The first kappa shape index (κ1) is 15.5. The Morgan fingerprint density at radius 1 is 1.33 bits per heavy atom. The Morgan fingerprint density at radius 3 is 2.71 bits per heavy atom. The second kappa shape index (κ2) is 5.85. The van der Waals surface area contributed by atoms with Crippen LogP contribution in [0.2, 0.25) is 0 Å².